The number of aromatic nitrogens is 1. The lowest BCUT2D eigenvalue weighted by Gasteiger charge is -2.02. The summed E-state index contributed by atoms with van der Waals surface area (Å²) in [6.45, 7) is 1.70. The number of aliphatic imine (C=N–C) groups is 1. The normalized spacial score (nSPS) is 10.9. The van der Waals surface area contributed by atoms with Crippen molar-refractivity contribution in [2.75, 3.05) is 0 Å². The molecular weight excluding hydrogens is 282 g/mol. The lowest BCUT2D eigenvalue weighted by Crippen LogP contribution is -1.93. The summed E-state index contributed by atoms with van der Waals surface area (Å²) in [6.07, 6.45) is 2.76. The summed E-state index contributed by atoms with van der Waals surface area (Å²) >= 11 is 5.70. The fraction of sp³-hybridized carbons (Fsp3) is 0.0769. The first-order valence-electron chi connectivity index (χ1n) is 5.61. The Bertz CT molecular complexity index is 684. The predicted molar refractivity (Wildman–Crippen MR) is 76.0 cm³/mol. The van der Waals surface area contributed by atoms with Crippen LogP contribution in [0.15, 0.2) is 35.5 Å². The van der Waals surface area contributed by atoms with Crippen molar-refractivity contribution in [3.63, 3.8) is 0 Å². The number of nitrogens with zero attached hydrogens (tertiary/aromatic N) is 3. The van der Waals surface area contributed by atoms with Gasteiger partial charge in [0, 0.05) is 24.0 Å². The number of nitro benzene ring substituents is 1. The number of phenolic OH excluding ortho intramolecular Hbond substituents is 1. The highest BCUT2D eigenvalue weighted by Gasteiger charge is 2.16. The number of hydrogen-bond donors (Lipinski definition) is 1. The SMILES string of the molecule is Cc1cc(C=Nc2ccc(Cl)cn2)c(O)c([N+](=O)[O-])c1. The first-order valence-corrected chi connectivity index (χ1v) is 5.99. The maximum absolute atomic E-state index is 10.8. The highest BCUT2D eigenvalue weighted by molar-refractivity contribution is 6.30. The molecule has 0 bridgehead atoms. The zero-order chi connectivity index (χ0) is 14.7. The standard InChI is InChI=1S/C13H10ClN3O3/c1-8-4-9(13(18)11(5-8)17(19)20)6-15-12-3-2-10(14)7-16-12/h2-7,18H,1H3. The molecule has 0 aliphatic heterocycles. The van der Waals surface area contributed by atoms with Gasteiger partial charge in [0.1, 0.15) is 0 Å². The lowest BCUT2D eigenvalue weighted by atomic mass is 10.1. The predicted octanol–water partition coefficient (Wildman–Crippen LogP) is 3.41. The third kappa shape index (κ3) is 3.10. The number of halogens is 1. The van der Waals surface area contributed by atoms with Crippen LogP contribution in [0, 0.1) is 17.0 Å². The molecule has 0 aliphatic carbocycles. The van der Waals surface area contributed by atoms with Crippen molar-refractivity contribution in [1.29, 1.82) is 0 Å². The van der Waals surface area contributed by atoms with Crippen LogP contribution in [0.3, 0.4) is 0 Å². The topological polar surface area (TPSA) is 88.6 Å². The Morgan fingerprint density at radius 1 is 1.45 bits per heavy atom. The van der Waals surface area contributed by atoms with E-state index < -0.39 is 10.7 Å². The summed E-state index contributed by atoms with van der Waals surface area (Å²) < 4.78 is 0. The third-order valence-corrected chi connectivity index (χ3v) is 2.73. The molecule has 1 N–H and O–H groups in total. The molecule has 102 valence electrons. The molecule has 0 atom stereocenters. The van der Waals surface area contributed by atoms with Crippen LogP contribution in [-0.2, 0) is 0 Å². The first kappa shape index (κ1) is 14.0. The Morgan fingerprint density at radius 2 is 2.20 bits per heavy atom. The highest BCUT2D eigenvalue weighted by Crippen LogP contribution is 2.30. The Balaban J connectivity index is 2.38. The van der Waals surface area contributed by atoms with Crippen LogP contribution in [0.25, 0.3) is 0 Å². The fourth-order valence-corrected chi connectivity index (χ4v) is 1.72. The zero-order valence-corrected chi connectivity index (χ0v) is 11.2. The molecule has 0 spiro atoms. The number of aromatic hydroxyl groups is 1. The van der Waals surface area contributed by atoms with Gasteiger partial charge in [0.2, 0.25) is 5.75 Å². The minimum atomic E-state index is -0.639. The van der Waals surface area contributed by atoms with Gasteiger partial charge in [-0.15, -0.1) is 0 Å². The van der Waals surface area contributed by atoms with Gasteiger partial charge in [0.05, 0.1) is 9.95 Å². The fourth-order valence-electron chi connectivity index (χ4n) is 1.60. The average Bonchev–Trinajstić information content (AvgIpc) is 2.41. The summed E-state index contributed by atoms with van der Waals surface area (Å²) in [4.78, 5) is 18.2. The lowest BCUT2D eigenvalue weighted by molar-refractivity contribution is -0.385. The van der Waals surface area contributed by atoms with Gasteiger partial charge in [-0.05, 0) is 30.7 Å². The van der Waals surface area contributed by atoms with Crippen molar-refractivity contribution in [3.05, 3.63) is 56.7 Å². The molecule has 6 nitrogen and oxygen atoms in total. The third-order valence-electron chi connectivity index (χ3n) is 2.51. The molecule has 0 unspecified atom stereocenters. The minimum absolute atomic E-state index is 0.258. The second-order valence-corrected chi connectivity index (χ2v) is 4.51. The van der Waals surface area contributed by atoms with Crippen molar-refractivity contribution in [2.24, 2.45) is 4.99 Å². The average molecular weight is 292 g/mol. The van der Waals surface area contributed by atoms with Crippen molar-refractivity contribution in [3.8, 4) is 5.75 Å². The van der Waals surface area contributed by atoms with Crippen LogP contribution in [0.4, 0.5) is 11.5 Å². The molecule has 0 radical (unpaired) electrons. The molecule has 7 heteroatoms. The van der Waals surface area contributed by atoms with Gasteiger partial charge in [0.15, 0.2) is 5.82 Å². The minimum Gasteiger partial charge on any atom is -0.502 e. The van der Waals surface area contributed by atoms with Gasteiger partial charge in [-0.2, -0.15) is 0 Å². The molecule has 0 saturated heterocycles. The monoisotopic (exact) mass is 291 g/mol. The van der Waals surface area contributed by atoms with Crippen molar-refractivity contribution < 1.29 is 10.0 Å². The van der Waals surface area contributed by atoms with Gasteiger partial charge in [0.25, 0.3) is 0 Å². The highest BCUT2D eigenvalue weighted by atomic mass is 35.5. The number of aryl methyl sites for hydroxylation is 1. The van der Waals surface area contributed by atoms with Gasteiger partial charge in [-0.3, -0.25) is 10.1 Å². The molecule has 0 amide bonds. The first-order chi connectivity index (χ1) is 9.47. The van der Waals surface area contributed by atoms with Gasteiger partial charge in [-0.1, -0.05) is 11.6 Å². The van der Waals surface area contributed by atoms with E-state index in [1.165, 1.54) is 18.5 Å². The summed E-state index contributed by atoms with van der Waals surface area (Å²) in [5, 5.41) is 21.1. The molecular formula is C13H10ClN3O3. The molecule has 2 aromatic rings. The van der Waals surface area contributed by atoms with Crippen molar-refractivity contribution >= 4 is 29.3 Å². The van der Waals surface area contributed by atoms with Crippen LogP contribution in [-0.4, -0.2) is 21.2 Å². The van der Waals surface area contributed by atoms with Crippen LogP contribution < -0.4 is 0 Å². The van der Waals surface area contributed by atoms with E-state index in [0.717, 1.165) is 0 Å². The summed E-state index contributed by atoms with van der Waals surface area (Å²) in [6, 6.07) is 6.12. The Labute approximate surface area is 119 Å². The van der Waals surface area contributed by atoms with Crippen LogP contribution in [0.2, 0.25) is 5.02 Å². The van der Waals surface area contributed by atoms with E-state index in [4.69, 9.17) is 11.6 Å². The number of pyridine rings is 1. The second-order valence-electron chi connectivity index (χ2n) is 4.07. The van der Waals surface area contributed by atoms with Crippen LogP contribution in [0.1, 0.15) is 11.1 Å². The Kier molecular flexibility index (Phi) is 3.95. The van der Waals surface area contributed by atoms with E-state index in [1.54, 1.807) is 25.1 Å². The van der Waals surface area contributed by atoms with E-state index in [-0.39, 0.29) is 11.3 Å². The zero-order valence-electron chi connectivity index (χ0n) is 10.4. The van der Waals surface area contributed by atoms with Crippen LogP contribution in [0.5, 0.6) is 5.75 Å². The summed E-state index contributed by atoms with van der Waals surface area (Å²) in [5.41, 5.74) is 0.559. The van der Waals surface area contributed by atoms with E-state index >= 15 is 0 Å². The quantitative estimate of drug-likeness (QED) is 0.533. The second kappa shape index (κ2) is 5.66. The van der Waals surface area contributed by atoms with E-state index in [1.807, 2.05) is 0 Å². The molecule has 1 aromatic heterocycles. The molecule has 1 heterocycles. The molecule has 20 heavy (non-hydrogen) atoms. The Morgan fingerprint density at radius 3 is 2.80 bits per heavy atom. The number of phenols is 1. The largest absolute Gasteiger partial charge is 0.502 e. The van der Waals surface area contributed by atoms with Crippen molar-refractivity contribution in [2.45, 2.75) is 6.92 Å². The molecule has 0 fully saturated rings. The molecule has 0 saturated carbocycles. The smallest absolute Gasteiger partial charge is 0.311 e. The van der Waals surface area contributed by atoms with Crippen molar-refractivity contribution in [1.82, 2.24) is 4.98 Å². The number of benzene rings is 1. The summed E-state index contributed by atoms with van der Waals surface area (Å²) in [7, 11) is 0. The van der Waals surface area contributed by atoms with Gasteiger partial charge >= 0.3 is 5.69 Å². The summed E-state index contributed by atoms with van der Waals surface area (Å²) in [5.74, 6) is -0.0312. The maximum Gasteiger partial charge on any atom is 0.311 e. The molecule has 1 aromatic carbocycles. The van der Waals surface area contributed by atoms with E-state index in [9.17, 15) is 15.2 Å². The maximum atomic E-state index is 10.8. The molecule has 0 aliphatic rings. The van der Waals surface area contributed by atoms with Crippen LogP contribution >= 0.6 is 11.6 Å². The Hall–Kier alpha value is -2.47. The number of nitro groups is 1. The van der Waals surface area contributed by atoms with E-state index in [0.29, 0.717) is 16.4 Å². The molecule has 2 rings (SSSR count). The van der Waals surface area contributed by atoms with Gasteiger partial charge in [-0.25, -0.2) is 9.98 Å². The number of rotatable bonds is 3. The van der Waals surface area contributed by atoms with Gasteiger partial charge < -0.3 is 5.11 Å². The number of hydrogen-bond acceptors (Lipinski definition) is 5. The van der Waals surface area contributed by atoms with E-state index in [2.05, 4.69) is 9.98 Å².